The van der Waals surface area contributed by atoms with E-state index in [1.165, 1.54) is 0 Å². The van der Waals surface area contributed by atoms with Gasteiger partial charge < -0.3 is 21.3 Å². The predicted octanol–water partition coefficient (Wildman–Crippen LogP) is 2.62. The van der Waals surface area contributed by atoms with E-state index in [-0.39, 0.29) is 24.1 Å². The third-order valence-electron chi connectivity index (χ3n) is 3.31. The molecule has 0 saturated carbocycles. The fourth-order valence-corrected chi connectivity index (χ4v) is 2.15. The molecule has 0 radical (unpaired) electrons. The number of aliphatic imine (C=N–C) groups is 1. The second-order valence-electron chi connectivity index (χ2n) is 5.33. The molecule has 9 heteroatoms. The van der Waals surface area contributed by atoms with Gasteiger partial charge in [-0.05, 0) is 48.9 Å². The highest BCUT2D eigenvalue weighted by atomic mass is 35.5. The van der Waals surface area contributed by atoms with Crippen LogP contribution in [0, 0.1) is 6.92 Å². The summed E-state index contributed by atoms with van der Waals surface area (Å²) in [5.74, 6) is 0.496. The van der Waals surface area contributed by atoms with Crippen LogP contribution in [0.2, 0.25) is 0 Å². The van der Waals surface area contributed by atoms with Crippen LogP contribution in [-0.4, -0.2) is 22.0 Å². The Bertz CT molecular complexity index is 932. The van der Waals surface area contributed by atoms with Crippen molar-refractivity contribution in [2.75, 3.05) is 5.32 Å². The zero-order valence-electron chi connectivity index (χ0n) is 13.8. The largest absolute Gasteiger partial charge is 0.370 e. The summed E-state index contributed by atoms with van der Waals surface area (Å²) >= 11 is 0. The molecule has 0 aliphatic heterocycles. The molecule has 0 aliphatic carbocycles. The molecule has 1 amide bonds. The average molecular weight is 373 g/mol. The van der Waals surface area contributed by atoms with Crippen LogP contribution in [0.25, 0.3) is 11.3 Å². The van der Waals surface area contributed by atoms with E-state index < -0.39 is 5.91 Å². The number of hydrogen-bond acceptors (Lipinski definition) is 5. The first kappa shape index (κ1) is 18.9. The highest BCUT2D eigenvalue weighted by molar-refractivity contribution is 6.02. The molecule has 5 N–H and O–H groups in total. The average Bonchev–Trinajstić information content (AvgIpc) is 3.05. The number of carbonyl (C=O) groups excluding carboxylic acids is 1. The van der Waals surface area contributed by atoms with E-state index >= 15 is 0 Å². The van der Waals surface area contributed by atoms with Crippen molar-refractivity contribution >= 4 is 35.8 Å². The van der Waals surface area contributed by atoms with Crippen molar-refractivity contribution in [2.45, 2.75) is 6.92 Å². The minimum absolute atomic E-state index is 0. The minimum atomic E-state index is -0.398. The molecule has 3 aromatic rings. The Balaban J connectivity index is 0.00000243. The smallest absolute Gasteiger partial charge is 0.279 e. The first-order chi connectivity index (χ1) is 12.0. The number of rotatable bonds is 4. The van der Waals surface area contributed by atoms with Gasteiger partial charge in [-0.1, -0.05) is 5.16 Å². The second-order valence-corrected chi connectivity index (χ2v) is 5.33. The molecule has 0 bridgehead atoms. The lowest BCUT2D eigenvalue weighted by Crippen LogP contribution is -2.21. The fourth-order valence-electron chi connectivity index (χ4n) is 2.15. The van der Waals surface area contributed by atoms with Crippen molar-refractivity contribution in [3.8, 4) is 11.3 Å². The number of pyridine rings is 1. The summed E-state index contributed by atoms with van der Waals surface area (Å²) in [4.78, 5) is 20.2. The molecular formula is C17H17ClN6O2. The second kappa shape index (κ2) is 8.13. The minimum Gasteiger partial charge on any atom is -0.370 e. The number of guanidine groups is 1. The summed E-state index contributed by atoms with van der Waals surface area (Å²) in [6.07, 6.45) is 1.62. The maximum Gasteiger partial charge on any atom is 0.279 e. The van der Waals surface area contributed by atoms with Crippen LogP contribution in [0.5, 0.6) is 0 Å². The van der Waals surface area contributed by atoms with Crippen LogP contribution in [-0.2, 0) is 0 Å². The lowest BCUT2D eigenvalue weighted by molar-refractivity contribution is 0.101. The number of halogens is 1. The molecule has 0 fully saturated rings. The van der Waals surface area contributed by atoms with Crippen LogP contribution in [0.3, 0.4) is 0 Å². The van der Waals surface area contributed by atoms with Crippen molar-refractivity contribution in [2.24, 2.45) is 16.5 Å². The van der Waals surface area contributed by atoms with Gasteiger partial charge >= 0.3 is 0 Å². The van der Waals surface area contributed by atoms with Gasteiger partial charge in [0.05, 0.1) is 5.69 Å². The molecule has 0 atom stereocenters. The molecule has 0 aliphatic rings. The van der Waals surface area contributed by atoms with E-state index in [2.05, 4.69) is 20.4 Å². The van der Waals surface area contributed by atoms with E-state index in [0.717, 1.165) is 11.1 Å². The quantitative estimate of drug-likeness (QED) is 0.476. The van der Waals surface area contributed by atoms with Crippen LogP contribution in [0.4, 0.5) is 11.5 Å². The topological polar surface area (TPSA) is 132 Å². The number of hydrogen-bond donors (Lipinski definition) is 3. The summed E-state index contributed by atoms with van der Waals surface area (Å²) in [6, 6.07) is 12.2. The SMILES string of the molecule is Cc1ccnc(NC(=O)c2cc(-c3ccc(N=C(N)N)cc3)on2)c1.Cl. The lowest BCUT2D eigenvalue weighted by atomic mass is 10.1. The molecule has 2 aromatic heterocycles. The maximum absolute atomic E-state index is 12.2. The third-order valence-corrected chi connectivity index (χ3v) is 3.31. The molecular weight excluding hydrogens is 356 g/mol. The van der Waals surface area contributed by atoms with Crippen LogP contribution in [0.15, 0.2) is 58.2 Å². The summed E-state index contributed by atoms with van der Waals surface area (Å²) in [5, 5.41) is 6.48. The Labute approximate surface area is 155 Å². The number of carbonyl (C=O) groups is 1. The molecule has 1 aromatic carbocycles. The highest BCUT2D eigenvalue weighted by Crippen LogP contribution is 2.23. The summed E-state index contributed by atoms with van der Waals surface area (Å²) in [6.45, 7) is 1.91. The zero-order valence-corrected chi connectivity index (χ0v) is 14.7. The van der Waals surface area contributed by atoms with Gasteiger partial charge in [-0.3, -0.25) is 4.79 Å². The van der Waals surface area contributed by atoms with Gasteiger partial charge in [0.1, 0.15) is 5.82 Å². The van der Waals surface area contributed by atoms with Crippen molar-refractivity contribution in [1.29, 1.82) is 0 Å². The van der Waals surface area contributed by atoms with E-state index in [4.69, 9.17) is 16.0 Å². The number of aryl methyl sites for hydroxylation is 1. The monoisotopic (exact) mass is 372 g/mol. The Morgan fingerprint density at radius 2 is 1.88 bits per heavy atom. The van der Waals surface area contributed by atoms with Gasteiger partial charge in [-0.15, -0.1) is 12.4 Å². The van der Waals surface area contributed by atoms with Crippen LogP contribution >= 0.6 is 12.4 Å². The number of amides is 1. The van der Waals surface area contributed by atoms with Gasteiger partial charge in [-0.2, -0.15) is 0 Å². The molecule has 26 heavy (non-hydrogen) atoms. The van der Waals surface area contributed by atoms with Gasteiger partial charge in [0, 0.05) is 17.8 Å². The van der Waals surface area contributed by atoms with E-state index in [1.807, 2.05) is 13.0 Å². The molecule has 3 rings (SSSR count). The molecule has 134 valence electrons. The molecule has 0 spiro atoms. The number of nitrogens with one attached hydrogen (secondary N) is 1. The van der Waals surface area contributed by atoms with Crippen LogP contribution < -0.4 is 16.8 Å². The van der Waals surface area contributed by atoms with Crippen molar-refractivity contribution < 1.29 is 9.32 Å². The molecule has 0 unspecified atom stereocenters. The number of aromatic nitrogens is 2. The first-order valence-electron chi connectivity index (χ1n) is 7.42. The van der Waals surface area contributed by atoms with E-state index in [9.17, 15) is 4.79 Å². The van der Waals surface area contributed by atoms with Crippen molar-refractivity contribution in [3.05, 3.63) is 59.9 Å². The predicted molar refractivity (Wildman–Crippen MR) is 102 cm³/mol. The Morgan fingerprint density at radius 1 is 1.15 bits per heavy atom. The van der Waals surface area contributed by atoms with Gasteiger partial charge in [0.25, 0.3) is 5.91 Å². The number of benzene rings is 1. The maximum atomic E-state index is 12.2. The highest BCUT2D eigenvalue weighted by Gasteiger charge is 2.14. The third kappa shape index (κ3) is 4.58. The van der Waals surface area contributed by atoms with Gasteiger partial charge in [0.2, 0.25) is 0 Å². The first-order valence-corrected chi connectivity index (χ1v) is 7.42. The number of nitrogens with zero attached hydrogens (tertiary/aromatic N) is 3. The summed E-state index contributed by atoms with van der Waals surface area (Å²) in [7, 11) is 0. The fraction of sp³-hybridized carbons (Fsp3) is 0.0588. The van der Waals surface area contributed by atoms with Gasteiger partial charge in [-0.25, -0.2) is 9.98 Å². The Morgan fingerprint density at radius 3 is 2.54 bits per heavy atom. The Kier molecular flexibility index (Phi) is 5.92. The van der Waals surface area contributed by atoms with E-state index in [0.29, 0.717) is 17.3 Å². The Hall–Kier alpha value is -3.39. The summed E-state index contributed by atoms with van der Waals surface area (Å²) < 4.78 is 5.24. The van der Waals surface area contributed by atoms with Crippen molar-refractivity contribution in [3.63, 3.8) is 0 Å². The number of anilines is 1. The van der Waals surface area contributed by atoms with Crippen LogP contribution in [0.1, 0.15) is 16.1 Å². The lowest BCUT2D eigenvalue weighted by Gasteiger charge is -2.01. The van der Waals surface area contributed by atoms with Crippen molar-refractivity contribution in [1.82, 2.24) is 10.1 Å². The zero-order chi connectivity index (χ0) is 17.8. The molecule has 8 nitrogen and oxygen atoms in total. The number of nitrogens with two attached hydrogens (primary N) is 2. The van der Waals surface area contributed by atoms with Gasteiger partial charge in [0.15, 0.2) is 17.4 Å². The molecule has 2 heterocycles. The summed E-state index contributed by atoms with van der Waals surface area (Å²) in [5.41, 5.74) is 13.2. The standard InChI is InChI=1S/C17H16N6O2.ClH/c1-10-6-7-20-15(8-10)22-16(24)13-9-14(25-23-13)11-2-4-12(5-3-11)21-17(18)19;/h2-9H,1H3,(H4,18,19,21)(H,20,22,24);1H. The van der Waals surface area contributed by atoms with E-state index in [1.54, 1.807) is 42.6 Å². The molecule has 0 saturated heterocycles. The normalized spacial score (nSPS) is 9.88.